The molecule has 4 nitrogen and oxygen atoms in total. The topological polar surface area (TPSA) is 52.6 Å². The molecule has 182 valence electrons. The Labute approximate surface area is 178 Å². The number of halogens is 8. The van der Waals surface area contributed by atoms with Crippen LogP contribution in [-0.2, 0) is 19.1 Å². The van der Waals surface area contributed by atoms with Crippen LogP contribution in [0, 0.1) is 11.8 Å². The monoisotopic (exact) mass is 478 g/mol. The number of ether oxygens (including phenoxy) is 2. The van der Waals surface area contributed by atoms with Gasteiger partial charge in [0.2, 0.25) is 0 Å². The van der Waals surface area contributed by atoms with Gasteiger partial charge in [0.25, 0.3) is 0 Å². The zero-order valence-corrected chi connectivity index (χ0v) is 17.3. The maximum absolute atomic E-state index is 14.2. The molecule has 2 atom stereocenters. The van der Waals surface area contributed by atoms with Gasteiger partial charge in [0.15, 0.2) is 0 Å². The highest BCUT2D eigenvalue weighted by molar-refractivity contribution is 5.87. The van der Waals surface area contributed by atoms with Crippen LogP contribution in [0.25, 0.3) is 0 Å². The van der Waals surface area contributed by atoms with E-state index in [2.05, 4.69) is 6.58 Å². The van der Waals surface area contributed by atoms with Crippen LogP contribution >= 0.6 is 0 Å². The van der Waals surface area contributed by atoms with Crippen LogP contribution in [0.1, 0.15) is 52.4 Å². The number of hydrogen-bond acceptors (Lipinski definition) is 4. The molecule has 12 heteroatoms. The van der Waals surface area contributed by atoms with Gasteiger partial charge in [-0.1, -0.05) is 6.58 Å². The van der Waals surface area contributed by atoms with E-state index in [4.69, 9.17) is 9.47 Å². The van der Waals surface area contributed by atoms with Crippen molar-refractivity contribution in [2.24, 2.45) is 11.8 Å². The van der Waals surface area contributed by atoms with Gasteiger partial charge in [0.05, 0.1) is 0 Å². The first-order valence-electron chi connectivity index (χ1n) is 9.91. The fourth-order valence-corrected chi connectivity index (χ4v) is 5.48. The average Bonchev–Trinajstić information content (AvgIpc) is 2.58. The molecule has 0 radical (unpaired) electrons. The lowest BCUT2D eigenvalue weighted by Gasteiger charge is -2.60. The molecular formula is C20H22F8O4. The smallest absolute Gasteiger partial charge is 0.410 e. The van der Waals surface area contributed by atoms with Crippen molar-refractivity contribution >= 4 is 11.9 Å². The number of carbonyl (C=O) groups excluding carboxylic acids is 2. The van der Waals surface area contributed by atoms with Gasteiger partial charge in [-0.25, -0.2) is 9.59 Å². The predicted molar refractivity (Wildman–Crippen MR) is 92.6 cm³/mol. The van der Waals surface area contributed by atoms with Gasteiger partial charge in [-0.15, -0.1) is 0 Å². The van der Waals surface area contributed by atoms with Gasteiger partial charge in [0.1, 0.15) is 11.2 Å². The molecule has 0 aromatic rings. The van der Waals surface area contributed by atoms with Crippen molar-refractivity contribution in [1.29, 1.82) is 0 Å². The largest absolute Gasteiger partial charge is 0.456 e. The lowest BCUT2D eigenvalue weighted by atomic mass is 9.52. The summed E-state index contributed by atoms with van der Waals surface area (Å²) in [6.07, 6.45) is 0.911. The van der Waals surface area contributed by atoms with E-state index < -0.39 is 53.8 Å². The van der Waals surface area contributed by atoms with E-state index >= 15 is 0 Å². The molecule has 0 saturated heterocycles. The van der Waals surface area contributed by atoms with Gasteiger partial charge in [-0.2, -0.15) is 35.1 Å². The molecule has 0 aromatic carbocycles. The Morgan fingerprint density at radius 2 is 1.28 bits per heavy atom. The first-order valence-corrected chi connectivity index (χ1v) is 9.91. The summed E-state index contributed by atoms with van der Waals surface area (Å²) in [6, 6.07) is 0. The van der Waals surface area contributed by atoms with Crippen molar-refractivity contribution in [3.8, 4) is 0 Å². The molecule has 4 fully saturated rings. The lowest BCUT2D eigenvalue weighted by molar-refractivity contribution is -0.359. The fraction of sp³-hybridized carbons (Fsp3) is 0.800. The fourth-order valence-electron chi connectivity index (χ4n) is 5.48. The summed E-state index contributed by atoms with van der Waals surface area (Å²) in [4.78, 5) is 24.1. The highest BCUT2D eigenvalue weighted by Gasteiger charge is 2.82. The molecule has 4 aliphatic carbocycles. The summed E-state index contributed by atoms with van der Waals surface area (Å²) in [5.74, 6) is -29.3. The molecule has 0 aromatic heterocycles. The third-order valence-electron chi connectivity index (χ3n) is 6.52. The van der Waals surface area contributed by atoms with Crippen LogP contribution in [0.2, 0.25) is 0 Å². The van der Waals surface area contributed by atoms with E-state index in [1.165, 1.54) is 6.92 Å². The van der Waals surface area contributed by atoms with Gasteiger partial charge in [0, 0.05) is 18.9 Å². The summed E-state index contributed by atoms with van der Waals surface area (Å²) >= 11 is 0. The Hall–Kier alpha value is -1.88. The Morgan fingerprint density at radius 1 is 0.844 bits per heavy atom. The van der Waals surface area contributed by atoms with Crippen molar-refractivity contribution in [1.82, 2.24) is 0 Å². The maximum atomic E-state index is 14.2. The third-order valence-corrected chi connectivity index (χ3v) is 6.52. The molecule has 0 aliphatic heterocycles. The second-order valence-electron chi connectivity index (χ2n) is 9.50. The van der Waals surface area contributed by atoms with Crippen molar-refractivity contribution in [2.75, 3.05) is 0 Å². The molecule has 2 unspecified atom stereocenters. The highest BCUT2D eigenvalue weighted by Crippen LogP contribution is 2.61. The molecule has 4 bridgehead atoms. The molecule has 0 amide bonds. The zero-order valence-electron chi connectivity index (χ0n) is 17.3. The third kappa shape index (κ3) is 3.67. The van der Waals surface area contributed by atoms with Crippen molar-refractivity contribution < 1.29 is 54.2 Å². The Bertz CT molecular complexity index is 818. The molecule has 0 heterocycles. The standard InChI is InChI=1S/C20H22F8O4/c1-10(2)13(29)31-16-5-11-4-12(6-16)8-17(7-11,9-16)32-14(30)18(23,24)20(27,28)19(25,26)15(3,21)22/h11-12H,1,4-9H2,2-3H3. The second-order valence-corrected chi connectivity index (χ2v) is 9.50. The van der Waals surface area contributed by atoms with E-state index in [0.29, 0.717) is 19.3 Å². The molecule has 4 saturated carbocycles. The molecule has 4 rings (SSSR count). The minimum absolute atomic E-state index is 0.0242. The van der Waals surface area contributed by atoms with E-state index in [9.17, 15) is 44.7 Å². The number of hydrogen-bond donors (Lipinski definition) is 0. The Balaban J connectivity index is 1.87. The number of alkyl halides is 8. The van der Waals surface area contributed by atoms with E-state index in [1.54, 1.807) is 0 Å². The van der Waals surface area contributed by atoms with E-state index in [0.717, 1.165) is 0 Å². The summed E-state index contributed by atoms with van der Waals surface area (Å²) in [5, 5.41) is 0. The van der Waals surface area contributed by atoms with Gasteiger partial charge >= 0.3 is 35.6 Å². The summed E-state index contributed by atoms with van der Waals surface area (Å²) in [7, 11) is 0. The van der Waals surface area contributed by atoms with E-state index in [1.807, 2.05) is 0 Å². The lowest BCUT2D eigenvalue weighted by Crippen LogP contribution is -2.66. The molecule has 0 N–H and O–H groups in total. The van der Waals surface area contributed by atoms with Crippen LogP contribution < -0.4 is 0 Å². The quantitative estimate of drug-likeness (QED) is 0.283. The molecule has 32 heavy (non-hydrogen) atoms. The van der Waals surface area contributed by atoms with Gasteiger partial charge in [-0.3, -0.25) is 0 Å². The minimum atomic E-state index is -6.72. The second kappa shape index (κ2) is 7.06. The van der Waals surface area contributed by atoms with Gasteiger partial charge < -0.3 is 9.47 Å². The number of rotatable bonds is 7. The Morgan fingerprint density at radius 3 is 1.69 bits per heavy atom. The maximum Gasteiger partial charge on any atom is 0.410 e. The summed E-state index contributed by atoms with van der Waals surface area (Å²) in [5.41, 5.74) is -2.92. The predicted octanol–water partition coefficient (Wildman–Crippen LogP) is 5.30. The normalized spacial score (nSPS) is 32.6. The van der Waals surface area contributed by atoms with Crippen LogP contribution in [-0.4, -0.2) is 46.8 Å². The minimum Gasteiger partial charge on any atom is -0.456 e. The summed E-state index contributed by atoms with van der Waals surface area (Å²) in [6.45, 7) is 4.17. The van der Waals surface area contributed by atoms with Crippen LogP contribution in [0.15, 0.2) is 12.2 Å². The molecular weight excluding hydrogens is 456 g/mol. The SMILES string of the molecule is C=C(C)C(=O)OC12CC3CC(C1)CC(OC(=O)C(F)(F)C(F)(F)C(F)(F)C(C)(F)F)(C3)C2. The van der Waals surface area contributed by atoms with Crippen molar-refractivity contribution in [3.63, 3.8) is 0 Å². The number of esters is 2. The van der Waals surface area contributed by atoms with Crippen LogP contribution in [0.4, 0.5) is 35.1 Å². The summed E-state index contributed by atoms with van der Waals surface area (Å²) < 4.78 is 119. The van der Waals surface area contributed by atoms with Crippen LogP contribution in [0.3, 0.4) is 0 Å². The highest BCUT2D eigenvalue weighted by atomic mass is 19.4. The average molecular weight is 478 g/mol. The molecule has 0 spiro atoms. The molecule has 4 aliphatic rings. The number of carbonyl (C=O) groups is 2. The van der Waals surface area contributed by atoms with Gasteiger partial charge in [-0.05, 0) is 50.9 Å². The van der Waals surface area contributed by atoms with Crippen molar-refractivity contribution in [3.05, 3.63) is 12.2 Å². The van der Waals surface area contributed by atoms with E-state index in [-0.39, 0.29) is 36.7 Å². The first kappa shape index (κ1) is 24.8. The Kier molecular flexibility index (Phi) is 5.46. The van der Waals surface area contributed by atoms with Crippen molar-refractivity contribution in [2.45, 2.75) is 87.3 Å². The first-order chi connectivity index (χ1) is 14.3. The zero-order chi connectivity index (χ0) is 24.5. The van der Waals surface area contributed by atoms with Crippen LogP contribution in [0.5, 0.6) is 0 Å².